The highest BCUT2D eigenvalue weighted by molar-refractivity contribution is 5.85. The molecule has 2 aromatic carbocycles. The number of nitrogens with zero attached hydrogens (tertiary/aromatic N) is 2. The van der Waals surface area contributed by atoms with Crippen molar-refractivity contribution in [2.24, 2.45) is 5.10 Å². The van der Waals surface area contributed by atoms with E-state index < -0.39 is 11.0 Å². The molecule has 2 unspecified atom stereocenters. The van der Waals surface area contributed by atoms with Crippen molar-refractivity contribution in [3.63, 3.8) is 0 Å². The molecular weight excluding hydrogens is 341 g/mol. The molecule has 2 atom stereocenters. The maximum atomic E-state index is 13.0. The largest absolute Gasteiger partial charge is 0.271 e. The highest BCUT2D eigenvalue weighted by Crippen LogP contribution is 2.22. The molecule has 1 fully saturated rings. The van der Waals surface area contributed by atoms with Gasteiger partial charge in [0.1, 0.15) is 11.9 Å². The molecule has 26 heavy (non-hydrogen) atoms. The van der Waals surface area contributed by atoms with Crippen molar-refractivity contribution in [2.45, 2.75) is 18.5 Å². The summed E-state index contributed by atoms with van der Waals surface area (Å²) < 4.78 is 13.0. The second-order valence-electron chi connectivity index (χ2n) is 5.77. The number of carbonyl (C=O) groups is 1. The Morgan fingerprint density at radius 3 is 2.77 bits per heavy atom. The molecule has 3 N–H and O–H groups in total. The first-order chi connectivity index (χ1) is 12.5. The van der Waals surface area contributed by atoms with Crippen molar-refractivity contribution in [3.05, 3.63) is 75.6 Å². The minimum atomic E-state index is -0.507. The summed E-state index contributed by atoms with van der Waals surface area (Å²) in [6.07, 6.45) is 1.81. The van der Waals surface area contributed by atoms with Crippen LogP contribution in [0.3, 0.4) is 0 Å². The van der Waals surface area contributed by atoms with Crippen molar-refractivity contribution < 1.29 is 14.1 Å². The zero-order valence-corrected chi connectivity index (χ0v) is 13.6. The number of non-ortho nitro benzene ring substituents is 1. The average molecular weight is 357 g/mol. The minimum absolute atomic E-state index is 0.0518. The van der Waals surface area contributed by atoms with E-state index in [2.05, 4.69) is 21.4 Å². The first-order valence-corrected chi connectivity index (χ1v) is 7.87. The predicted molar refractivity (Wildman–Crippen MR) is 92.7 cm³/mol. The van der Waals surface area contributed by atoms with Gasteiger partial charge in [-0.15, -0.1) is 0 Å². The van der Waals surface area contributed by atoms with E-state index in [4.69, 9.17) is 0 Å². The first kappa shape index (κ1) is 17.6. The van der Waals surface area contributed by atoms with Gasteiger partial charge in [0, 0.05) is 23.7 Å². The fourth-order valence-electron chi connectivity index (χ4n) is 2.61. The highest BCUT2D eigenvalue weighted by Gasteiger charge is 2.29. The van der Waals surface area contributed by atoms with Gasteiger partial charge in [-0.25, -0.2) is 20.7 Å². The summed E-state index contributed by atoms with van der Waals surface area (Å²) in [6.45, 7) is 0. The summed E-state index contributed by atoms with van der Waals surface area (Å²) in [5.41, 5.74) is 9.58. The molecule has 1 heterocycles. The lowest BCUT2D eigenvalue weighted by Crippen LogP contribution is -2.41. The zero-order valence-electron chi connectivity index (χ0n) is 13.6. The third-order valence-electron chi connectivity index (χ3n) is 3.96. The van der Waals surface area contributed by atoms with Crippen LogP contribution in [-0.4, -0.2) is 23.1 Å². The molecule has 1 aliphatic heterocycles. The fraction of sp³-hybridized carbons (Fsp3) is 0.176. The van der Waals surface area contributed by atoms with Crippen LogP contribution in [0.25, 0.3) is 0 Å². The van der Waals surface area contributed by atoms with Gasteiger partial charge in [-0.1, -0.05) is 24.3 Å². The van der Waals surface area contributed by atoms with E-state index in [1.807, 2.05) is 0 Å². The van der Waals surface area contributed by atoms with Crippen molar-refractivity contribution >= 4 is 17.8 Å². The van der Waals surface area contributed by atoms with Crippen molar-refractivity contribution in [1.29, 1.82) is 0 Å². The lowest BCUT2D eigenvalue weighted by Gasteiger charge is -2.09. The number of rotatable bonds is 5. The number of hydrogen-bond acceptors (Lipinski definition) is 6. The molecule has 0 radical (unpaired) electrons. The maximum absolute atomic E-state index is 13.0. The lowest BCUT2D eigenvalue weighted by molar-refractivity contribution is -0.384. The third-order valence-corrected chi connectivity index (χ3v) is 3.96. The number of nitrogens with one attached hydrogen (secondary N) is 3. The molecule has 0 aliphatic carbocycles. The SMILES string of the molecule is O=C(N/N=C/c1cccc([N+](=O)[O-])c1)C1CC(c2ccc(F)cc2)NN1. The van der Waals surface area contributed by atoms with E-state index in [-0.39, 0.29) is 23.5 Å². The Balaban J connectivity index is 1.55. The van der Waals surface area contributed by atoms with Gasteiger partial charge < -0.3 is 0 Å². The summed E-state index contributed by atoms with van der Waals surface area (Å²) >= 11 is 0. The Morgan fingerprint density at radius 1 is 1.27 bits per heavy atom. The number of amides is 1. The van der Waals surface area contributed by atoms with Crippen LogP contribution in [0.5, 0.6) is 0 Å². The van der Waals surface area contributed by atoms with Crippen LogP contribution in [0.1, 0.15) is 23.6 Å². The number of hydrogen-bond donors (Lipinski definition) is 3. The molecule has 9 heteroatoms. The standard InChI is InChI=1S/C17H16FN5O3/c18-13-6-4-12(5-7-13)15-9-16(21-20-15)17(24)22-19-10-11-2-1-3-14(8-11)23(25)26/h1-8,10,15-16,20-21H,9H2,(H,22,24)/b19-10+. The van der Waals surface area contributed by atoms with Gasteiger partial charge in [0.15, 0.2) is 0 Å². The quantitative estimate of drug-likeness (QED) is 0.429. The van der Waals surface area contributed by atoms with E-state index in [1.165, 1.54) is 36.5 Å². The maximum Gasteiger partial charge on any atom is 0.270 e. The van der Waals surface area contributed by atoms with E-state index in [1.54, 1.807) is 18.2 Å². The zero-order chi connectivity index (χ0) is 18.5. The molecule has 1 saturated heterocycles. The Bertz CT molecular complexity index is 841. The molecule has 0 saturated carbocycles. The normalized spacial score (nSPS) is 19.6. The van der Waals surface area contributed by atoms with Crippen molar-refractivity contribution in [2.75, 3.05) is 0 Å². The summed E-state index contributed by atoms with van der Waals surface area (Å²) in [7, 11) is 0. The lowest BCUT2D eigenvalue weighted by atomic mass is 10.0. The van der Waals surface area contributed by atoms with E-state index in [0.29, 0.717) is 12.0 Å². The second kappa shape index (κ2) is 7.81. The summed E-state index contributed by atoms with van der Waals surface area (Å²) in [5, 5.41) is 14.6. The summed E-state index contributed by atoms with van der Waals surface area (Å²) in [4.78, 5) is 22.4. The highest BCUT2D eigenvalue weighted by atomic mass is 19.1. The number of nitro benzene ring substituents is 1. The van der Waals surface area contributed by atoms with Crippen LogP contribution in [0, 0.1) is 15.9 Å². The molecule has 1 amide bonds. The van der Waals surface area contributed by atoms with Crippen LogP contribution in [0.15, 0.2) is 53.6 Å². The number of carbonyl (C=O) groups excluding carboxylic acids is 1. The average Bonchev–Trinajstić information content (AvgIpc) is 3.13. The van der Waals surface area contributed by atoms with Crippen LogP contribution in [-0.2, 0) is 4.79 Å². The van der Waals surface area contributed by atoms with E-state index in [9.17, 15) is 19.3 Å². The van der Waals surface area contributed by atoms with Gasteiger partial charge in [0.05, 0.1) is 11.1 Å². The van der Waals surface area contributed by atoms with Crippen LogP contribution in [0.2, 0.25) is 0 Å². The Morgan fingerprint density at radius 2 is 2.04 bits per heavy atom. The Kier molecular flexibility index (Phi) is 5.30. The summed E-state index contributed by atoms with van der Waals surface area (Å²) in [6, 6.07) is 11.3. The minimum Gasteiger partial charge on any atom is -0.271 e. The monoisotopic (exact) mass is 357 g/mol. The molecule has 2 aromatic rings. The van der Waals surface area contributed by atoms with Gasteiger partial charge in [0.25, 0.3) is 11.6 Å². The van der Waals surface area contributed by atoms with Gasteiger partial charge >= 0.3 is 0 Å². The van der Waals surface area contributed by atoms with E-state index in [0.717, 1.165) is 5.56 Å². The Labute approximate surface area is 148 Å². The number of benzene rings is 2. The molecular formula is C17H16FN5O3. The van der Waals surface area contributed by atoms with Gasteiger partial charge in [-0.2, -0.15) is 5.10 Å². The number of hydrazine groups is 1. The predicted octanol–water partition coefficient (Wildman–Crippen LogP) is 1.79. The fourth-order valence-corrected chi connectivity index (χ4v) is 2.61. The second-order valence-corrected chi connectivity index (χ2v) is 5.77. The topological polar surface area (TPSA) is 109 Å². The van der Waals surface area contributed by atoms with Gasteiger partial charge in [0.2, 0.25) is 0 Å². The molecule has 3 rings (SSSR count). The third kappa shape index (κ3) is 4.26. The molecule has 1 aliphatic rings. The van der Waals surface area contributed by atoms with Gasteiger partial charge in [-0.3, -0.25) is 14.9 Å². The number of nitro groups is 1. The molecule has 0 bridgehead atoms. The molecule has 0 spiro atoms. The van der Waals surface area contributed by atoms with Gasteiger partial charge in [-0.05, 0) is 24.1 Å². The summed E-state index contributed by atoms with van der Waals surface area (Å²) in [5.74, 6) is -0.659. The van der Waals surface area contributed by atoms with Crippen LogP contribution >= 0.6 is 0 Å². The Hall–Kier alpha value is -3.17. The van der Waals surface area contributed by atoms with E-state index >= 15 is 0 Å². The van der Waals surface area contributed by atoms with Crippen molar-refractivity contribution in [3.8, 4) is 0 Å². The van der Waals surface area contributed by atoms with Crippen LogP contribution in [0.4, 0.5) is 10.1 Å². The smallest absolute Gasteiger partial charge is 0.270 e. The van der Waals surface area contributed by atoms with Crippen LogP contribution < -0.4 is 16.3 Å². The van der Waals surface area contributed by atoms with Crippen molar-refractivity contribution in [1.82, 2.24) is 16.3 Å². The first-order valence-electron chi connectivity index (χ1n) is 7.87. The number of halogens is 1. The molecule has 0 aromatic heterocycles. The molecule has 134 valence electrons. The molecule has 8 nitrogen and oxygen atoms in total. The number of hydrazone groups is 1.